The van der Waals surface area contributed by atoms with Crippen LogP contribution in [0.15, 0.2) is 42.1 Å². The van der Waals surface area contributed by atoms with Gasteiger partial charge in [0.15, 0.2) is 5.78 Å². The Morgan fingerprint density at radius 3 is 2.61 bits per heavy atom. The number of ketones is 1. The predicted molar refractivity (Wildman–Crippen MR) is 170 cm³/mol. The van der Waals surface area contributed by atoms with Crippen molar-refractivity contribution < 1.29 is 33.8 Å². The zero-order chi connectivity index (χ0) is 32.6. The largest absolute Gasteiger partial charge is 0.480 e. The van der Waals surface area contributed by atoms with E-state index in [1.807, 2.05) is 30.3 Å². The molecule has 4 aliphatic carbocycles. The minimum absolute atomic E-state index is 0.0880. The number of carboxylic acid groups (broad SMARTS) is 1. The zero-order valence-corrected chi connectivity index (χ0v) is 26.7. The fourth-order valence-corrected chi connectivity index (χ4v) is 9.37. The van der Waals surface area contributed by atoms with E-state index in [4.69, 9.17) is 4.74 Å². The summed E-state index contributed by atoms with van der Waals surface area (Å²) in [7, 11) is 0. The van der Waals surface area contributed by atoms with Crippen molar-refractivity contribution in [3.8, 4) is 0 Å². The average Bonchev–Trinajstić information content (AvgIpc) is 3.59. The van der Waals surface area contributed by atoms with Gasteiger partial charge in [-0.05, 0) is 85.8 Å². The molecule has 10 heteroatoms. The molecule has 6 rings (SSSR count). The van der Waals surface area contributed by atoms with Crippen molar-refractivity contribution in [2.24, 2.45) is 28.6 Å². The number of hydrogen-bond donors (Lipinski definition) is 4. The number of aliphatic carboxylic acids is 1. The van der Waals surface area contributed by atoms with Crippen LogP contribution in [0.2, 0.25) is 0 Å². The quantitative estimate of drug-likeness (QED) is 0.279. The molecule has 7 atom stereocenters. The van der Waals surface area contributed by atoms with Crippen molar-refractivity contribution in [1.29, 1.82) is 0 Å². The van der Waals surface area contributed by atoms with Crippen LogP contribution in [-0.4, -0.2) is 58.3 Å². The van der Waals surface area contributed by atoms with Crippen LogP contribution in [-0.2, 0) is 35.1 Å². The monoisotopic (exact) mass is 631 g/mol. The Bertz CT molecular complexity index is 1580. The number of carboxylic acids is 1. The second-order valence-electron chi connectivity index (χ2n) is 14.4. The van der Waals surface area contributed by atoms with Gasteiger partial charge in [-0.15, -0.1) is 0 Å². The molecule has 4 N–H and O–H groups in total. The lowest BCUT2D eigenvalue weighted by Gasteiger charge is -2.57. The number of nitrogens with one attached hydrogen (secondary N) is 3. The summed E-state index contributed by atoms with van der Waals surface area (Å²) < 4.78 is 6.02. The highest BCUT2D eigenvalue weighted by atomic mass is 16.5. The first-order valence-corrected chi connectivity index (χ1v) is 16.7. The van der Waals surface area contributed by atoms with Crippen LogP contribution in [0.3, 0.4) is 0 Å². The molecule has 10 nitrogen and oxygen atoms in total. The number of hydrogen-bond acceptors (Lipinski definition) is 6. The molecule has 0 aliphatic heterocycles. The van der Waals surface area contributed by atoms with Crippen LogP contribution in [0.5, 0.6) is 0 Å². The Morgan fingerprint density at radius 2 is 1.80 bits per heavy atom. The van der Waals surface area contributed by atoms with E-state index in [1.165, 1.54) is 5.57 Å². The number of H-pyrrole nitrogens is 1. The summed E-state index contributed by atoms with van der Waals surface area (Å²) in [5, 5.41) is 15.5. The lowest BCUT2D eigenvalue weighted by Crippen LogP contribution is -2.51. The molecule has 2 amide bonds. The maximum atomic E-state index is 12.9. The van der Waals surface area contributed by atoms with Crippen molar-refractivity contribution in [2.75, 3.05) is 6.54 Å². The van der Waals surface area contributed by atoms with Gasteiger partial charge in [-0.1, -0.05) is 37.6 Å². The normalized spacial score (nSPS) is 30.7. The molecule has 0 spiro atoms. The summed E-state index contributed by atoms with van der Waals surface area (Å²) in [6.45, 7) is 4.24. The minimum atomic E-state index is -1.17. The number of ether oxygens (including phenoxy) is 1. The number of rotatable bonds is 10. The number of amides is 2. The molecule has 2 aromatic rings. The summed E-state index contributed by atoms with van der Waals surface area (Å²) in [6.07, 6.45) is 10.9. The maximum absolute atomic E-state index is 12.9. The Kier molecular flexibility index (Phi) is 8.83. The molecule has 46 heavy (non-hydrogen) atoms. The number of fused-ring (bicyclic) bond motifs is 6. The fraction of sp³-hybridized carbons (Fsp3) is 0.583. The van der Waals surface area contributed by atoms with Crippen molar-refractivity contribution in [1.82, 2.24) is 15.6 Å². The van der Waals surface area contributed by atoms with Crippen LogP contribution >= 0.6 is 0 Å². The van der Waals surface area contributed by atoms with Crippen LogP contribution in [0.4, 0.5) is 0 Å². The SMILES string of the molecule is C[C@]12CC[C@H]3[C@@H](CCC4=CC(=O)CC[C@@]43C)[C@@H]1CC[C@@H]2OC(=O)CCC(=O)NCC(=O)N[C@@H](Cc1c[nH]c2ccccc12)C(=O)O. The third-order valence-corrected chi connectivity index (χ3v) is 11.9. The highest BCUT2D eigenvalue weighted by Crippen LogP contribution is 2.65. The first-order valence-electron chi connectivity index (χ1n) is 16.7. The maximum Gasteiger partial charge on any atom is 0.326 e. The third kappa shape index (κ3) is 6.10. The molecular formula is C36H45N3O7. The number of carbonyl (C=O) groups is 5. The first kappa shape index (κ1) is 32.0. The first-order chi connectivity index (χ1) is 22.0. The van der Waals surface area contributed by atoms with Crippen LogP contribution < -0.4 is 10.6 Å². The Balaban J connectivity index is 0.955. The minimum Gasteiger partial charge on any atom is -0.480 e. The molecule has 1 aromatic heterocycles. The molecule has 0 saturated heterocycles. The third-order valence-electron chi connectivity index (χ3n) is 11.9. The number of allylic oxidation sites excluding steroid dienone is 1. The van der Waals surface area contributed by atoms with Crippen LogP contribution in [0, 0.1) is 28.6 Å². The molecular weight excluding hydrogens is 586 g/mol. The van der Waals surface area contributed by atoms with Crippen LogP contribution in [0.25, 0.3) is 10.9 Å². The van der Waals surface area contributed by atoms with Crippen molar-refractivity contribution in [3.63, 3.8) is 0 Å². The Hall–Kier alpha value is -3.95. The molecule has 0 radical (unpaired) electrons. The highest BCUT2D eigenvalue weighted by molar-refractivity contribution is 5.92. The predicted octanol–water partition coefficient (Wildman–Crippen LogP) is 4.62. The molecule has 0 bridgehead atoms. The highest BCUT2D eigenvalue weighted by Gasteiger charge is 2.60. The molecule has 246 valence electrons. The van der Waals surface area contributed by atoms with Crippen molar-refractivity contribution in [2.45, 2.75) is 96.6 Å². The van der Waals surface area contributed by atoms with Gasteiger partial charge in [0.1, 0.15) is 12.1 Å². The second kappa shape index (κ2) is 12.7. The molecule has 3 fully saturated rings. The second-order valence-corrected chi connectivity index (χ2v) is 14.4. The smallest absolute Gasteiger partial charge is 0.326 e. The number of aromatic nitrogens is 1. The van der Waals surface area contributed by atoms with E-state index in [9.17, 15) is 29.1 Å². The van der Waals surface area contributed by atoms with E-state index in [-0.39, 0.29) is 48.5 Å². The summed E-state index contributed by atoms with van der Waals surface area (Å²) >= 11 is 0. The number of carbonyl (C=O) groups excluding carboxylic acids is 4. The molecule has 3 saturated carbocycles. The van der Waals surface area contributed by atoms with Crippen LogP contribution in [0.1, 0.15) is 83.6 Å². The number of esters is 1. The lowest BCUT2D eigenvalue weighted by atomic mass is 9.47. The number of benzene rings is 1. The van der Waals surface area contributed by atoms with Gasteiger partial charge in [0.25, 0.3) is 0 Å². The standard InChI is InChI=1S/C36H45N3O7/c1-35-15-13-23(40)18-22(35)7-8-25-26-9-10-30(36(26,2)16-14-27(25)35)46-33(43)12-11-31(41)38-20-32(42)39-29(34(44)45)17-21-19-37-28-6-4-3-5-24(21)28/h3-6,18-19,25-27,29-30,37H,7-17,20H2,1-2H3,(H,38,41)(H,39,42)(H,44,45)/t25-,26-,27-,29-,30-,35-,36-/m0/s1. The summed E-state index contributed by atoms with van der Waals surface area (Å²) in [5.41, 5.74) is 3.00. The van der Waals surface area contributed by atoms with Gasteiger partial charge in [0.2, 0.25) is 11.8 Å². The Morgan fingerprint density at radius 1 is 1.00 bits per heavy atom. The van der Waals surface area contributed by atoms with Gasteiger partial charge in [-0.3, -0.25) is 19.2 Å². The Labute approximate surface area is 269 Å². The zero-order valence-electron chi connectivity index (χ0n) is 26.7. The number of aromatic amines is 1. The van der Waals surface area contributed by atoms with Crippen molar-refractivity contribution in [3.05, 3.63) is 47.7 Å². The van der Waals surface area contributed by atoms with E-state index in [1.54, 1.807) is 6.20 Å². The molecule has 1 aromatic carbocycles. The van der Waals surface area contributed by atoms with E-state index >= 15 is 0 Å². The summed E-state index contributed by atoms with van der Waals surface area (Å²) in [4.78, 5) is 64.9. The van der Waals surface area contributed by atoms with Gasteiger partial charge in [-0.2, -0.15) is 0 Å². The fourth-order valence-electron chi connectivity index (χ4n) is 9.37. The average molecular weight is 632 g/mol. The van der Waals surface area contributed by atoms with E-state index in [2.05, 4.69) is 29.5 Å². The number of para-hydroxylation sites is 1. The molecule has 4 aliphatic rings. The van der Waals surface area contributed by atoms with E-state index in [0.717, 1.165) is 61.4 Å². The molecule has 0 unspecified atom stereocenters. The molecule has 1 heterocycles. The van der Waals surface area contributed by atoms with E-state index < -0.39 is 29.8 Å². The summed E-state index contributed by atoms with van der Waals surface area (Å²) in [6, 6.07) is 6.35. The van der Waals surface area contributed by atoms with Crippen molar-refractivity contribution >= 4 is 40.4 Å². The van der Waals surface area contributed by atoms with Gasteiger partial charge in [0, 0.05) is 41.8 Å². The summed E-state index contributed by atoms with van der Waals surface area (Å²) in [5.74, 6) is -0.808. The lowest BCUT2D eigenvalue weighted by molar-refractivity contribution is -0.160. The van der Waals surface area contributed by atoms with Gasteiger partial charge >= 0.3 is 11.9 Å². The topological polar surface area (TPSA) is 155 Å². The van der Waals surface area contributed by atoms with E-state index in [0.29, 0.717) is 24.2 Å². The van der Waals surface area contributed by atoms with Gasteiger partial charge in [0.05, 0.1) is 13.0 Å². The van der Waals surface area contributed by atoms with Gasteiger partial charge < -0.3 is 25.5 Å². The van der Waals surface area contributed by atoms with Gasteiger partial charge in [-0.25, -0.2) is 4.79 Å².